The number of nitrogens with zero attached hydrogens (tertiary/aromatic N) is 3. The fourth-order valence-corrected chi connectivity index (χ4v) is 4.75. The van der Waals surface area contributed by atoms with Crippen LogP contribution in [0.4, 0.5) is 5.69 Å². The molecule has 2 aliphatic rings. The van der Waals surface area contributed by atoms with Crippen LogP contribution in [0, 0.1) is 5.92 Å². The Morgan fingerprint density at radius 2 is 1.71 bits per heavy atom. The molecular formula is C23H38N4S. The van der Waals surface area contributed by atoms with Gasteiger partial charge in [0.15, 0.2) is 0 Å². The highest BCUT2D eigenvalue weighted by Crippen LogP contribution is 2.24. The Kier molecular flexibility index (Phi) is 8.12. The maximum Gasteiger partial charge on any atom is 0.0367 e. The average Bonchev–Trinajstić information content (AvgIpc) is 2.72. The first kappa shape index (κ1) is 21.5. The number of piperazine rings is 1. The number of hydrogen-bond acceptors (Lipinski definition) is 5. The molecule has 5 heteroatoms. The monoisotopic (exact) mass is 402 g/mol. The fraction of sp³-hybridized carbons (Fsp3) is 0.652. The largest absolute Gasteiger partial charge is 0.376 e. The molecule has 0 amide bonds. The predicted molar refractivity (Wildman–Crippen MR) is 123 cm³/mol. The molecule has 0 spiro atoms. The smallest absolute Gasteiger partial charge is 0.0367 e. The molecule has 0 unspecified atom stereocenters. The van der Waals surface area contributed by atoms with E-state index >= 15 is 0 Å². The topological polar surface area (TPSA) is 21.8 Å². The van der Waals surface area contributed by atoms with E-state index in [0.717, 1.165) is 19.0 Å². The van der Waals surface area contributed by atoms with Crippen molar-refractivity contribution in [1.82, 2.24) is 14.5 Å². The summed E-state index contributed by atoms with van der Waals surface area (Å²) in [6, 6.07) is 9.51. The lowest BCUT2D eigenvalue weighted by Crippen LogP contribution is -2.47. The summed E-state index contributed by atoms with van der Waals surface area (Å²) in [7, 11) is 0. The van der Waals surface area contributed by atoms with Crippen LogP contribution in [0.15, 0.2) is 41.4 Å². The highest BCUT2D eigenvalue weighted by atomic mass is 32.2. The van der Waals surface area contributed by atoms with Gasteiger partial charge >= 0.3 is 0 Å². The molecule has 0 atom stereocenters. The second-order valence-corrected chi connectivity index (χ2v) is 9.56. The zero-order valence-corrected chi connectivity index (χ0v) is 18.8. The Hall–Kier alpha value is -1.17. The molecule has 2 saturated heterocycles. The summed E-state index contributed by atoms with van der Waals surface area (Å²) in [5, 5.41) is 0. The number of nitrogens with one attached hydrogen (secondary N) is 1. The quantitative estimate of drug-likeness (QED) is 0.647. The van der Waals surface area contributed by atoms with Gasteiger partial charge in [0.2, 0.25) is 0 Å². The number of anilines is 1. The van der Waals surface area contributed by atoms with E-state index in [1.54, 1.807) is 11.9 Å². The summed E-state index contributed by atoms with van der Waals surface area (Å²) in [6.45, 7) is 18.9. The van der Waals surface area contributed by atoms with E-state index in [-0.39, 0.29) is 0 Å². The number of likely N-dealkylation sites (tertiary alicyclic amines) is 1. The van der Waals surface area contributed by atoms with E-state index in [2.05, 4.69) is 71.0 Å². The molecular weight excluding hydrogens is 364 g/mol. The molecule has 1 aromatic rings. The molecule has 0 aromatic heterocycles. The maximum atomic E-state index is 4.08. The maximum absolute atomic E-state index is 4.08. The second-order valence-electron chi connectivity index (χ2n) is 8.65. The first-order valence-corrected chi connectivity index (χ1v) is 11.7. The highest BCUT2D eigenvalue weighted by molar-refractivity contribution is 7.97. The summed E-state index contributed by atoms with van der Waals surface area (Å²) >= 11 is 1.72. The summed E-state index contributed by atoms with van der Waals surface area (Å²) in [5.41, 5.74) is 2.60. The SMILES string of the molecule is C=C(C)N1CCC(CCN2CCN(c3ccc(SNC(C)C)cc3)CC2)CC1. The van der Waals surface area contributed by atoms with Crippen molar-refractivity contribution in [3.05, 3.63) is 36.5 Å². The van der Waals surface area contributed by atoms with Crippen LogP contribution >= 0.6 is 11.9 Å². The molecule has 0 saturated carbocycles. The van der Waals surface area contributed by atoms with Crippen molar-refractivity contribution in [1.29, 1.82) is 0 Å². The summed E-state index contributed by atoms with van der Waals surface area (Å²) < 4.78 is 3.40. The first-order valence-electron chi connectivity index (χ1n) is 10.9. The van der Waals surface area contributed by atoms with Crippen LogP contribution in [-0.2, 0) is 0 Å². The Morgan fingerprint density at radius 3 is 2.29 bits per heavy atom. The van der Waals surface area contributed by atoms with Crippen LogP contribution in [0.1, 0.15) is 40.0 Å². The first-order chi connectivity index (χ1) is 13.5. The third-order valence-corrected chi connectivity index (χ3v) is 7.09. The van der Waals surface area contributed by atoms with Crippen LogP contribution < -0.4 is 9.62 Å². The zero-order chi connectivity index (χ0) is 19.9. The molecule has 1 aromatic carbocycles. The standard InChI is InChI=1S/C23H38N4S/c1-19(2)24-28-23-7-5-22(6-8-23)27-17-15-25(16-18-27)12-9-21-10-13-26(14-11-21)20(3)4/h5-8,19,21,24H,3,9-18H2,1-2,4H3. The molecule has 0 aliphatic carbocycles. The minimum atomic E-state index is 0.497. The van der Waals surface area contributed by atoms with Gasteiger partial charge in [0, 0.05) is 61.6 Å². The highest BCUT2D eigenvalue weighted by Gasteiger charge is 2.21. The van der Waals surface area contributed by atoms with Crippen LogP contribution in [0.25, 0.3) is 0 Å². The van der Waals surface area contributed by atoms with Crippen LogP contribution in [0.2, 0.25) is 0 Å². The number of benzene rings is 1. The zero-order valence-electron chi connectivity index (χ0n) is 18.0. The van der Waals surface area contributed by atoms with Gasteiger partial charge < -0.3 is 9.80 Å². The van der Waals surface area contributed by atoms with Gasteiger partial charge in [0.1, 0.15) is 0 Å². The molecule has 0 radical (unpaired) electrons. The molecule has 0 bridgehead atoms. The van der Waals surface area contributed by atoms with Gasteiger partial charge in [-0.25, -0.2) is 0 Å². The summed E-state index contributed by atoms with van der Waals surface area (Å²) in [4.78, 5) is 8.93. The molecule has 28 heavy (non-hydrogen) atoms. The van der Waals surface area contributed by atoms with Gasteiger partial charge in [-0.1, -0.05) is 6.58 Å². The summed E-state index contributed by atoms with van der Waals surface area (Å²) in [6.07, 6.45) is 4.03. The van der Waals surface area contributed by atoms with Crippen molar-refractivity contribution in [3.8, 4) is 0 Å². The van der Waals surface area contributed by atoms with E-state index in [4.69, 9.17) is 0 Å². The minimum absolute atomic E-state index is 0.497. The molecule has 2 heterocycles. The molecule has 156 valence electrons. The van der Waals surface area contributed by atoms with E-state index in [0.29, 0.717) is 6.04 Å². The van der Waals surface area contributed by atoms with Gasteiger partial charge in [0.25, 0.3) is 0 Å². The summed E-state index contributed by atoms with van der Waals surface area (Å²) in [5.74, 6) is 0.901. The van der Waals surface area contributed by atoms with Gasteiger partial charge in [-0.2, -0.15) is 0 Å². The van der Waals surface area contributed by atoms with Gasteiger partial charge in [-0.3, -0.25) is 9.62 Å². The molecule has 1 N–H and O–H groups in total. The lowest BCUT2D eigenvalue weighted by atomic mass is 9.93. The van der Waals surface area contributed by atoms with Crippen molar-refractivity contribution in [2.45, 2.75) is 51.0 Å². The molecule has 4 nitrogen and oxygen atoms in total. The number of piperidine rings is 1. The van der Waals surface area contributed by atoms with Crippen LogP contribution in [0.3, 0.4) is 0 Å². The Morgan fingerprint density at radius 1 is 1.07 bits per heavy atom. The third-order valence-electron chi connectivity index (χ3n) is 5.99. The number of allylic oxidation sites excluding steroid dienone is 1. The fourth-order valence-electron chi connectivity index (χ4n) is 4.11. The van der Waals surface area contributed by atoms with Crippen molar-refractivity contribution in [2.75, 3.05) is 50.7 Å². The lowest BCUT2D eigenvalue weighted by Gasteiger charge is -2.38. The number of hydrogen-bond donors (Lipinski definition) is 1. The van der Waals surface area contributed by atoms with Crippen molar-refractivity contribution in [3.63, 3.8) is 0 Å². The van der Waals surface area contributed by atoms with Gasteiger partial charge in [-0.05, 0) is 88.7 Å². The van der Waals surface area contributed by atoms with E-state index in [1.807, 2.05) is 0 Å². The second kappa shape index (κ2) is 10.6. The van der Waals surface area contributed by atoms with Crippen molar-refractivity contribution < 1.29 is 0 Å². The average molecular weight is 403 g/mol. The lowest BCUT2D eigenvalue weighted by molar-refractivity contribution is 0.187. The van der Waals surface area contributed by atoms with E-state index in [1.165, 1.54) is 68.3 Å². The Balaban J connectivity index is 1.36. The van der Waals surface area contributed by atoms with Gasteiger partial charge in [-0.15, -0.1) is 0 Å². The van der Waals surface area contributed by atoms with Crippen molar-refractivity contribution in [2.24, 2.45) is 5.92 Å². The normalized spacial score (nSPS) is 19.4. The predicted octanol–water partition coefficient (Wildman–Crippen LogP) is 4.45. The molecule has 2 fully saturated rings. The minimum Gasteiger partial charge on any atom is -0.376 e. The van der Waals surface area contributed by atoms with E-state index < -0.39 is 0 Å². The van der Waals surface area contributed by atoms with Gasteiger partial charge in [0.05, 0.1) is 0 Å². The third kappa shape index (κ3) is 6.43. The molecule has 2 aliphatic heterocycles. The van der Waals surface area contributed by atoms with Crippen LogP contribution in [-0.4, -0.2) is 61.7 Å². The number of rotatable bonds is 8. The Labute approximate surface area is 176 Å². The van der Waals surface area contributed by atoms with Crippen molar-refractivity contribution >= 4 is 17.6 Å². The van der Waals surface area contributed by atoms with Crippen LogP contribution in [0.5, 0.6) is 0 Å². The molecule has 3 rings (SSSR count). The van der Waals surface area contributed by atoms with E-state index in [9.17, 15) is 0 Å². The Bertz CT molecular complexity index is 600.